The average molecular weight is 245 g/mol. The molecule has 0 saturated heterocycles. The molecule has 0 heterocycles. The lowest BCUT2D eigenvalue weighted by Crippen LogP contribution is -1.95. The van der Waals surface area contributed by atoms with Crippen molar-refractivity contribution in [3.05, 3.63) is 59.1 Å². The van der Waals surface area contributed by atoms with E-state index in [1.165, 1.54) is 0 Å². The van der Waals surface area contributed by atoms with Crippen LogP contribution < -0.4 is 0 Å². The number of benzene rings is 2. The summed E-state index contributed by atoms with van der Waals surface area (Å²) in [5, 5.41) is 0.724. The largest absolute Gasteiger partial charge is 0.294 e. The fourth-order valence-electron chi connectivity index (χ4n) is 1.74. The van der Waals surface area contributed by atoms with Crippen LogP contribution in [-0.4, -0.2) is 5.78 Å². The summed E-state index contributed by atoms with van der Waals surface area (Å²) in [4.78, 5) is 11.5. The Hall–Kier alpha value is -1.60. The van der Waals surface area contributed by atoms with Gasteiger partial charge in [-0.25, -0.2) is 0 Å². The van der Waals surface area contributed by atoms with Crippen LogP contribution in [0.25, 0.3) is 11.1 Å². The topological polar surface area (TPSA) is 17.1 Å². The number of ketones is 1. The van der Waals surface area contributed by atoms with Gasteiger partial charge < -0.3 is 0 Å². The molecule has 0 radical (unpaired) electrons. The minimum absolute atomic E-state index is 0.163. The van der Waals surface area contributed by atoms with Crippen molar-refractivity contribution in [1.29, 1.82) is 0 Å². The number of carbonyl (C=O) groups excluding carboxylic acids is 1. The monoisotopic (exact) mass is 244 g/mol. The van der Waals surface area contributed by atoms with Crippen LogP contribution in [0.15, 0.2) is 48.5 Å². The fraction of sp³-hybridized carbons (Fsp3) is 0.133. The molecule has 0 unspecified atom stereocenters. The molecule has 0 spiro atoms. The molecule has 0 bridgehead atoms. The van der Waals surface area contributed by atoms with E-state index < -0.39 is 0 Å². The Labute approximate surface area is 106 Å². The molecule has 2 rings (SSSR count). The summed E-state index contributed by atoms with van der Waals surface area (Å²) in [5.74, 6) is 0.163. The van der Waals surface area contributed by atoms with E-state index >= 15 is 0 Å². The molecule has 0 amide bonds. The number of halogens is 1. The molecule has 0 aliphatic carbocycles. The van der Waals surface area contributed by atoms with Gasteiger partial charge >= 0.3 is 0 Å². The molecule has 86 valence electrons. The Kier molecular flexibility index (Phi) is 3.60. The molecule has 17 heavy (non-hydrogen) atoms. The highest BCUT2D eigenvalue weighted by molar-refractivity contribution is 6.33. The molecule has 0 fully saturated rings. The molecule has 0 N–H and O–H groups in total. The molecule has 2 aromatic carbocycles. The molecule has 0 atom stereocenters. The first-order valence-electron chi connectivity index (χ1n) is 5.60. The minimum atomic E-state index is 0.163. The van der Waals surface area contributed by atoms with Crippen LogP contribution in [-0.2, 0) is 0 Å². The molecular formula is C15H13ClO. The standard InChI is InChI=1S/C15H13ClO/c1-2-15(17)12-9-7-11(8-10-12)13-5-3-4-6-14(13)16/h3-10H,2H2,1H3. The van der Waals surface area contributed by atoms with E-state index in [-0.39, 0.29) is 5.78 Å². The van der Waals surface area contributed by atoms with Gasteiger partial charge in [-0.05, 0) is 11.6 Å². The van der Waals surface area contributed by atoms with Gasteiger partial charge in [0.25, 0.3) is 0 Å². The highest BCUT2D eigenvalue weighted by Crippen LogP contribution is 2.27. The van der Waals surface area contributed by atoms with Gasteiger partial charge in [-0.3, -0.25) is 4.79 Å². The van der Waals surface area contributed by atoms with Crippen LogP contribution in [0.2, 0.25) is 5.02 Å². The maximum absolute atomic E-state index is 11.5. The molecule has 0 aromatic heterocycles. The van der Waals surface area contributed by atoms with Gasteiger partial charge in [0, 0.05) is 22.6 Å². The SMILES string of the molecule is CCC(=O)c1ccc(-c2ccccc2Cl)cc1. The number of hydrogen-bond acceptors (Lipinski definition) is 1. The number of hydrogen-bond donors (Lipinski definition) is 0. The first-order chi connectivity index (χ1) is 8.22. The van der Waals surface area contributed by atoms with Crippen molar-refractivity contribution in [1.82, 2.24) is 0 Å². The second-order valence-electron chi connectivity index (χ2n) is 3.83. The van der Waals surface area contributed by atoms with E-state index in [1.54, 1.807) is 0 Å². The van der Waals surface area contributed by atoms with E-state index in [0.717, 1.165) is 21.7 Å². The number of Topliss-reactive ketones (excluding diaryl/α,β-unsaturated/α-hetero) is 1. The Bertz CT molecular complexity index is 529. The van der Waals surface area contributed by atoms with Crippen LogP contribution in [0.3, 0.4) is 0 Å². The Morgan fingerprint density at radius 2 is 1.71 bits per heavy atom. The first kappa shape index (κ1) is 11.9. The normalized spacial score (nSPS) is 10.2. The third kappa shape index (κ3) is 2.56. The number of rotatable bonds is 3. The third-order valence-electron chi connectivity index (χ3n) is 2.71. The zero-order valence-corrected chi connectivity index (χ0v) is 10.4. The predicted octanol–water partition coefficient (Wildman–Crippen LogP) is 4.60. The summed E-state index contributed by atoms with van der Waals surface area (Å²) in [6, 6.07) is 15.3. The summed E-state index contributed by atoms with van der Waals surface area (Å²) in [6.07, 6.45) is 0.533. The summed E-state index contributed by atoms with van der Waals surface area (Å²) >= 11 is 6.12. The van der Waals surface area contributed by atoms with E-state index in [2.05, 4.69) is 0 Å². The van der Waals surface area contributed by atoms with Crippen LogP contribution in [0.1, 0.15) is 23.7 Å². The lowest BCUT2D eigenvalue weighted by molar-refractivity contribution is 0.0988. The van der Waals surface area contributed by atoms with Gasteiger partial charge in [-0.2, -0.15) is 0 Å². The van der Waals surface area contributed by atoms with Gasteiger partial charge in [0.1, 0.15) is 0 Å². The quantitative estimate of drug-likeness (QED) is 0.721. The smallest absolute Gasteiger partial charge is 0.162 e. The van der Waals surface area contributed by atoms with Crippen LogP contribution >= 0.6 is 11.6 Å². The summed E-state index contributed by atoms with van der Waals surface area (Å²) in [5.41, 5.74) is 2.77. The van der Waals surface area contributed by atoms with Crippen molar-refractivity contribution < 1.29 is 4.79 Å². The molecular weight excluding hydrogens is 232 g/mol. The predicted molar refractivity (Wildman–Crippen MR) is 71.5 cm³/mol. The lowest BCUT2D eigenvalue weighted by atomic mass is 10.0. The first-order valence-corrected chi connectivity index (χ1v) is 5.98. The maximum atomic E-state index is 11.5. The summed E-state index contributed by atoms with van der Waals surface area (Å²) in [6.45, 7) is 1.87. The number of carbonyl (C=O) groups is 1. The van der Waals surface area contributed by atoms with E-state index in [9.17, 15) is 4.79 Å². The molecule has 0 aliphatic heterocycles. The summed E-state index contributed by atoms with van der Waals surface area (Å²) in [7, 11) is 0. The van der Waals surface area contributed by atoms with Crippen molar-refractivity contribution in [2.45, 2.75) is 13.3 Å². The fourth-order valence-corrected chi connectivity index (χ4v) is 1.98. The highest BCUT2D eigenvalue weighted by Gasteiger charge is 2.05. The molecule has 0 saturated carbocycles. The zero-order valence-electron chi connectivity index (χ0n) is 9.61. The van der Waals surface area contributed by atoms with Gasteiger partial charge in [-0.15, -0.1) is 0 Å². The van der Waals surface area contributed by atoms with Crippen LogP contribution in [0.4, 0.5) is 0 Å². The maximum Gasteiger partial charge on any atom is 0.162 e. The van der Waals surface area contributed by atoms with Crippen molar-refractivity contribution in [2.75, 3.05) is 0 Å². The summed E-state index contributed by atoms with van der Waals surface area (Å²) < 4.78 is 0. The molecule has 2 heteroatoms. The average Bonchev–Trinajstić information content (AvgIpc) is 2.39. The lowest BCUT2D eigenvalue weighted by Gasteiger charge is -2.05. The van der Waals surface area contributed by atoms with Crippen molar-refractivity contribution in [3.63, 3.8) is 0 Å². The Balaban J connectivity index is 2.36. The van der Waals surface area contributed by atoms with E-state index in [1.807, 2.05) is 55.5 Å². The molecule has 1 nitrogen and oxygen atoms in total. The van der Waals surface area contributed by atoms with Crippen LogP contribution in [0, 0.1) is 0 Å². The van der Waals surface area contributed by atoms with E-state index in [0.29, 0.717) is 6.42 Å². The Morgan fingerprint density at radius 3 is 2.29 bits per heavy atom. The second kappa shape index (κ2) is 5.15. The minimum Gasteiger partial charge on any atom is -0.294 e. The van der Waals surface area contributed by atoms with Crippen molar-refractivity contribution in [2.24, 2.45) is 0 Å². The third-order valence-corrected chi connectivity index (χ3v) is 3.04. The van der Waals surface area contributed by atoms with Crippen molar-refractivity contribution >= 4 is 17.4 Å². The van der Waals surface area contributed by atoms with Gasteiger partial charge in [0.15, 0.2) is 5.78 Å². The Morgan fingerprint density at radius 1 is 1.06 bits per heavy atom. The highest BCUT2D eigenvalue weighted by atomic mass is 35.5. The van der Waals surface area contributed by atoms with Gasteiger partial charge in [0.05, 0.1) is 0 Å². The van der Waals surface area contributed by atoms with Gasteiger partial charge in [-0.1, -0.05) is 61.0 Å². The zero-order chi connectivity index (χ0) is 12.3. The second-order valence-corrected chi connectivity index (χ2v) is 4.24. The molecule has 2 aromatic rings. The van der Waals surface area contributed by atoms with Gasteiger partial charge in [0.2, 0.25) is 0 Å². The van der Waals surface area contributed by atoms with Crippen molar-refractivity contribution in [3.8, 4) is 11.1 Å². The molecule has 0 aliphatic rings. The van der Waals surface area contributed by atoms with E-state index in [4.69, 9.17) is 11.6 Å². The van der Waals surface area contributed by atoms with Crippen LogP contribution in [0.5, 0.6) is 0 Å².